The van der Waals surface area contributed by atoms with Crippen LogP contribution in [0, 0.1) is 5.82 Å². The van der Waals surface area contributed by atoms with E-state index < -0.39 is 0 Å². The first-order valence-corrected chi connectivity index (χ1v) is 5.53. The average Bonchev–Trinajstić information content (AvgIpc) is 2.18. The molecule has 90 valence electrons. The Hall–Kier alpha value is -1.00. The van der Waals surface area contributed by atoms with E-state index in [0.29, 0.717) is 12.1 Å². The molecule has 0 saturated heterocycles. The highest BCUT2D eigenvalue weighted by atomic mass is 19.1. The molecule has 0 aliphatic carbocycles. The van der Waals surface area contributed by atoms with E-state index in [-0.39, 0.29) is 11.4 Å². The largest absolute Gasteiger partial charge is 0.311 e. The molecule has 2 N–H and O–H groups in total. The van der Waals surface area contributed by atoms with Crippen molar-refractivity contribution in [2.75, 3.05) is 13.1 Å². The zero-order valence-corrected chi connectivity index (χ0v) is 10.2. The summed E-state index contributed by atoms with van der Waals surface area (Å²) in [4.78, 5) is 3.71. The van der Waals surface area contributed by atoms with Gasteiger partial charge in [0, 0.05) is 36.9 Å². The standard InChI is InChI=1S/C12H20FN3/c1-12(2,3)16-7-6-15-8-10-4-5-14-9-11(10)13/h4-5,9,15-16H,6-8H2,1-3H3. The summed E-state index contributed by atoms with van der Waals surface area (Å²) in [5, 5.41) is 6.54. The first-order valence-electron chi connectivity index (χ1n) is 5.53. The molecule has 0 amide bonds. The number of rotatable bonds is 5. The van der Waals surface area contributed by atoms with Crippen molar-refractivity contribution in [2.24, 2.45) is 0 Å². The van der Waals surface area contributed by atoms with Gasteiger partial charge in [-0.15, -0.1) is 0 Å². The second-order valence-electron chi connectivity index (χ2n) is 4.82. The van der Waals surface area contributed by atoms with E-state index in [4.69, 9.17) is 0 Å². The van der Waals surface area contributed by atoms with Crippen molar-refractivity contribution >= 4 is 0 Å². The van der Waals surface area contributed by atoms with Crippen molar-refractivity contribution in [3.05, 3.63) is 29.8 Å². The second-order valence-corrected chi connectivity index (χ2v) is 4.82. The molecule has 16 heavy (non-hydrogen) atoms. The molecular weight excluding hydrogens is 205 g/mol. The van der Waals surface area contributed by atoms with Crippen LogP contribution in [0.5, 0.6) is 0 Å². The molecule has 1 heterocycles. The van der Waals surface area contributed by atoms with Gasteiger partial charge in [-0.2, -0.15) is 0 Å². The van der Waals surface area contributed by atoms with Gasteiger partial charge < -0.3 is 10.6 Å². The molecule has 0 saturated carbocycles. The van der Waals surface area contributed by atoms with E-state index in [9.17, 15) is 4.39 Å². The van der Waals surface area contributed by atoms with Gasteiger partial charge in [0.15, 0.2) is 0 Å². The minimum absolute atomic E-state index is 0.129. The molecule has 0 atom stereocenters. The van der Waals surface area contributed by atoms with Gasteiger partial charge in [0.1, 0.15) is 5.82 Å². The summed E-state index contributed by atoms with van der Waals surface area (Å²) in [6, 6.07) is 1.69. The third-order valence-electron chi connectivity index (χ3n) is 2.13. The average molecular weight is 225 g/mol. The molecule has 0 unspecified atom stereocenters. The van der Waals surface area contributed by atoms with Crippen LogP contribution < -0.4 is 10.6 Å². The van der Waals surface area contributed by atoms with Crippen LogP contribution in [0.25, 0.3) is 0 Å². The minimum Gasteiger partial charge on any atom is -0.311 e. The SMILES string of the molecule is CC(C)(C)NCCNCc1ccncc1F. The summed E-state index contributed by atoms with van der Waals surface area (Å²) in [5.74, 6) is -0.251. The summed E-state index contributed by atoms with van der Waals surface area (Å²) in [6.07, 6.45) is 2.85. The van der Waals surface area contributed by atoms with Crippen LogP contribution in [-0.2, 0) is 6.54 Å². The van der Waals surface area contributed by atoms with Crippen LogP contribution in [0.3, 0.4) is 0 Å². The van der Waals surface area contributed by atoms with E-state index in [1.165, 1.54) is 6.20 Å². The number of aromatic nitrogens is 1. The van der Waals surface area contributed by atoms with E-state index in [2.05, 4.69) is 36.4 Å². The van der Waals surface area contributed by atoms with Crippen molar-refractivity contribution in [1.82, 2.24) is 15.6 Å². The van der Waals surface area contributed by atoms with Gasteiger partial charge in [-0.1, -0.05) is 0 Å². The quantitative estimate of drug-likeness (QED) is 0.749. The maximum absolute atomic E-state index is 13.2. The molecule has 0 fully saturated rings. The smallest absolute Gasteiger partial charge is 0.145 e. The summed E-state index contributed by atoms with van der Waals surface area (Å²) < 4.78 is 13.2. The summed E-state index contributed by atoms with van der Waals surface area (Å²) >= 11 is 0. The molecular formula is C12H20FN3. The Morgan fingerprint density at radius 1 is 1.31 bits per heavy atom. The predicted octanol–water partition coefficient (Wildman–Crippen LogP) is 1.70. The third kappa shape index (κ3) is 5.19. The lowest BCUT2D eigenvalue weighted by atomic mass is 10.1. The molecule has 0 radical (unpaired) electrons. The van der Waals surface area contributed by atoms with Crippen LogP contribution in [0.2, 0.25) is 0 Å². The van der Waals surface area contributed by atoms with Gasteiger partial charge in [0.25, 0.3) is 0 Å². The molecule has 0 aliphatic heterocycles. The Balaban J connectivity index is 2.19. The fraction of sp³-hybridized carbons (Fsp3) is 0.583. The minimum atomic E-state index is -0.251. The lowest BCUT2D eigenvalue weighted by molar-refractivity contribution is 0.420. The van der Waals surface area contributed by atoms with E-state index >= 15 is 0 Å². The lowest BCUT2D eigenvalue weighted by Crippen LogP contribution is -2.40. The highest BCUT2D eigenvalue weighted by Crippen LogP contribution is 2.03. The third-order valence-corrected chi connectivity index (χ3v) is 2.13. The Morgan fingerprint density at radius 2 is 2.06 bits per heavy atom. The summed E-state index contributed by atoms with van der Waals surface area (Å²) in [5.41, 5.74) is 0.787. The number of pyridine rings is 1. The molecule has 1 aromatic rings. The molecule has 0 spiro atoms. The Morgan fingerprint density at radius 3 is 2.69 bits per heavy atom. The van der Waals surface area contributed by atoms with Gasteiger partial charge >= 0.3 is 0 Å². The maximum Gasteiger partial charge on any atom is 0.145 e. The van der Waals surface area contributed by atoms with E-state index in [1.54, 1.807) is 12.3 Å². The highest BCUT2D eigenvalue weighted by molar-refractivity contribution is 5.11. The molecule has 0 aromatic carbocycles. The van der Waals surface area contributed by atoms with Gasteiger partial charge in [-0.05, 0) is 26.8 Å². The number of hydrogen-bond donors (Lipinski definition) is 2. The van der Waals surface area contributed by atoms with Gasteiger partial charge in [0.2, 0.25) is 0 Å². The molecule has 3 nitrogen and oxygen atoms in total. The number of nitrogens with one attached hydrogen (secondary N) is 2. The topological polar surface area (TPSA) is 37.0 Å². The monoisotopic (exact) mass is 225 g/mol. The number of hydrogen-bond acceptors (Lipinski definition) is 3. The van der Waals surface area contributed by atoms with Gasteiger partial charge in [-0.25, -0.2) is 4.39 Å². The Kier molecular flexibility index (Phi) is 4.83. The lowest BCUT2D eigenvalue weighted by Gasteiger charge is -2.20. The van der Waals surface area contributed by atoms with Gasteiger partial charge in [-0.3, -0.25) is 4.98 Å². The summed E-state index contributed by atoms with van der Waals surface area (Å²) in [6.45, 7) is 8.59. The highest BCUT2D eigenvalue weighted by Gasteiger charge is 2.07. The van der Waals surface area contributed by atoms with Crippen LogP contribution in [0.15, 0.2) is 18.5 Å². The second kappa shape index (κ2) is 5.92. The van der Waals surface area contributed by atoms with Crippen molar-refractivity contribution in [3.8, 4) is 0 Å². The number of nitrogens with zero attached hydrogens (tertiary/aromatic N) is 1. The van der Waals surface area contributed by atoms with Crippen LogP contribution >= 0.6 is 0 Å². The first kappa shape index (κ1) is 13.1. The molecule has 0 aliphatic rings. The zero-order chi connectivity index (χ0) is 12.0. The molecule has 1 aromatic heterocycles. The van der Waals surface area contributed by atoms with Crippen molar-refractivity contribution in [2.45, 2.75) is 32.9 Å². The Bertz CT molecular complexity index is 320. The molecule has 1 rings (SSSR count). The van der Waals surface area contributed by atoms with Crippen LogP contribution in [0.1, 0.15) is 26.3 Å². The Labute approximate surface area is 96.5 Å². The summed E-state index contributed by atoms with van der Waals surface area (Å²) in [7, 11) is 0. The van der Waals surface area contributed by atoms with E-state index in [0.717, 1.165) is 13.1 Å². The maximum atomic E-state index is 13.2. The molecule has 4 heteroatoms. The number of halogens is 1. The normalized spacial score (nSPS) is 11.8. The predicted molar refractivity (Wildman–Crippen MR) is 63.7 cm³/mol. The van der Waals surface area contributed by atoms with Crippen molar-refractivity contribution in [3.63, 3.8) is 0 Å². The van der Waals surface area contributed by atoms with Crippen LogP contribution in [0.4, 0.5) is 4.39 Å². The van der Waals surface area contributed by atoms with Crippen molar-refractivity contribution < 1.29 is 4.39 Å². The fourth-order valence-corrected chi connectivity index (χ4v) is 1.30. The zero-order valence-electron chi connectivity index (χ0n) is 10.2. The fourth-order valence-electron chi connectivity index (χ4n) is 1.30. The van der Waals surface area contributed by atoms with Crippen molar-refractivity contribution in [1.29, 1.82) is 0 Å². The molecule has 0 bridgehead atoms. The van der Waals surface area contributed by atoms with Gasteiger partial charge in [0.05, 0.1) is 6.20 Å². The first-order chi connectivity index (χ1) is 7.49. The van der Waals surface area contributed by atoms with Crippen LogP contribution in [-0.4, -0.2) is 23.6 Å². The van der Waals surface area contributed by atoms with E-state index in [1.807, 2.05) is 0 Å².